The molecule has 0 bridgehead atoms. The van der Waals surface area contributed by atoms with Gasteiger partial charge in [0.25, 0.3) is 0 Å². The van der Waals surface area contributed by atoms with Gasteiger partial charge in [-0.1, -0.05) is 61.2 Å². The summed E-state index contributed by atoms with van der Waals surface area (Å²) in [6.07, 6.45) is 12.8. The van der Waals surface area contributed by atoms with Crippen LogP contribution in [0, 0.1) is 0 Å². The fraction of sp³-hybridized carbons (Fsp3) is 0.333. The molecule has 1 unspecified atom stereocenters. The molecule has 2 heterocycles. The second-order valence-electron chi connectivity index (χ2n) is 8.08. The summed E-state index contributed by atoms with van der Waals surface area (Å²) in [5, 5.41) is 0. The number of benzene rings is 1. The highest BCUT2D eigenvalue weighted by Crippen LogP contribution is 2.41. The monoisotopic (exact) mass is 416 g/mol. The summed E-state index contributed by atoms with van der Waals surface area (Å²) in [7, 11) is 1.69. The Kier molecular flexibility index (Phi) is 6.90. The number of allylic oxidation sites excluding steroid dienone is 4. The largest absolute Gasteiger partial charge is 0.501 e. The molecule has 0 amide bonds. The Balaban J connectivity index is 1.82. The highest BCUT2D eigenvalue weighted by atomic mass is 16.5. The molecule has 1 fully saturated rings. The van der Waals surface area contributed by atoms with Crippen LogP contribution in [0.5, 0.6) is 0 Å². The summed E-state index contributed by atoms with van der Waals surface area (Å²) in [5.74, 6) is 0.874. The zero-order chi connectivity index (χ0) is 21.6. The van der Waals surface area contributed by atoms with Gasteiger partial charge in [0, 0.05) is 29.9 Å². The Morgan fingerprint density at radius 1 is 1.23 bits per heavy atom. The third-order valence-corrected chi connectivity index (χ3v) is 6.07. The maximum absolute atomic E-state index is 5.66. The average molecular weight is 417 g/mol. The SMILES string of the molecule is C=C(/C=C\C=C(/C)OC)C(c1c(-c2ccccc2)[nH]c2c1C=CCC2)N1CCOCC1. The van der Waals surface area contributed by atoms with Gasteiger partial charge in [0.05, 0.1) is 37.8 Å². The number of hydrogen-bond donors (Lipinski definition) is 1. The topological polar surface area (TPSA) is 37.5 Å². The Labute approximate surface area is 185 Å². The molecule has 0 saturated carbocycles. The second-order valence-corrected chi connectivity index (χ2v) is 8.08. The van der Waals surface area contributed by atoms with Crippen LogP contribution in [0.25, 0.3) is 17.3 Å². The zero-order valence-corrected chi connectivity index (χ0v) is 18.6. The number of aryl methyl sites for hydroxylation is 1. The molecular formula is C27H32N2O2. The fourth-order valence-electron chi connectivity index (χ4n) is 4.42. The van der Waals surface area contributed by atoms with E-state index in [9.17, 15) is 0 Å². The Hall–Kier alpha value is -2.82. The van der Waals surface area contributed by atoms with Crippen molar-refractivity contribution in [1.82, 2.24) is 9.88 Å². The number of methoxy groups -OCH3 is 1. The molecule has 1 saturated heterocycles. The van der Waals surface area contributed by atoms with Crippen molar-refractivity contribution in [2.75, 3.05) is 33.4 Å². The molecule has 1 aromatic carbocycles. The number of hydrogen-bond acceptors (Lipinski definition) is 3. The van der Waals surface area contributed by atoms with Gasteiger partial charge in [-0.05, 0) is 37.0 Å². The first-order valence-electron chi connectivity index (χ1n) is 11.0. The molecule has 162 valence electrons. The lowest BCUT2D eigenvalue weighted by molar-refractivity contribution is 0.0240. The first kappa shape index (κ1) is 21.4. The van der Waals surface area contributed by atoms with Crippen LogP contribution in [-0.2, 0) is 15.9 Å². The van der Waals surface area contributed by atoms with Crippen molar-refractivity contribution in [3.8, 4) is 11.3 Å². The van der Waals surface area contributed by atoms with E-state index in [1.54, 1.807) is 7.11 Å². The summed E-state index contributed by atoms with van der Waals surface area (Å²) in [6, 6.07) is 10.7. The van der Waals surface area contributed by atoms with Crippen molar-refractivity contribution >= 4 is 6.08 Å². The maximum atomic E-state index is 5.66. The third-order valence-electron chi connectivity index (χ3n) is 6.07. The lowest BCUT2D eigenvalue weighted by atomic mass is 9.89. The van der Waals surface area contributed by atoms with Gasteiger partial charge in [-0.25, -0.2) is 0 Å². The van der Waals surface area contributed by atoms with E-state index in [2.05, 4.69) is 65.0 Å². The number of aromatic amines is 1. The Morgan fingerprint density at radius 2 is 2.00 bits per heavy atom. The molecule has 1 N–H and O–H groups in total. The second kappa shape index (κ2) is 9.99. The minimum atomic E-state index is 0.0781. The van der Waals surface area contributed by atoms with E-state index in [4.69, 9.17) is 9.47 Å². The van der Waals surface area contributed by atoms with Gasteiger partial charge in [0.1, 0.15) is 0 Å². The van der Waals surface area contributed by atoms with Gasteiger partial charge in [-0.15, -0.1) is 0 Å². The van der Waals surface area contributed by atoms with E-state index in [0.717, 1.165) is 50.5 Å². The standard InChI is InChI=1S/C27H32N2O2/c1-20(10-9-11-21(2)30-3)27(29-16-18-31-19-17-29)25-23-14-7-8-15-24(23)28-26(25)22-12-5-4-6-13-22/h4-7,9-14,27-28H,1,8,15-19H2,2-3H3/b10-9-,21-11+. The van der Waals surface area contributed by atoms with Crippen LogP contribution in [0.15, 0.2) is 72.5 Å². The number of nitrogens with zero attached hydrogens (tertiary/aromatic N) is 1. The van der Waals surface area contributed by atoms with Gasteiger partial charge in [0.2, 0.25) is 0 Å². The summed E-state index contributed by atoms with van der Waals surface area (Å²) >= 11 is 0. The van der Waals surface area contributed by atoms with Crippen molar-refractivity contribution in [2.45, 2.75) is 25.8 Å². The quantitative estimate of drug-likeness (QED) is 0.466. The van der Waals surface area contributed by atoms with E-state index < -0.39 is 0 Å². The lowest BCUT2D eigenvalue weighted by Crippen LogP contribution is -2.39. The summed E-state index contributed by atoms with van der Waals surface area (Å²) in [6.45, 7) is 9.75. The highest BCUT2D eigenvalue weighted by molar-refractivity contribution is 5.75. The first-order chi connectivity index (χ1) is 15.2. The predicted molar refractivity (Wildman–Crippen MR) is 128 cm³/mol. The van der Waals surface area contributed by atoms with E-state index in [0.29, 0.717) is 0 Å². The molecular weight excluding hydrogens is 384 g/mol. The van der Waals surface area contributed by atoms with Gasteiger partial charge in [0.15, 0.2) is 0 Å². The van der Waals surface area contributed by atoms with Gasteiger partial charge >= 0.3 is 0 Å². The molecule has 2 aromatic rings. The Bertz CT molecular complexity index is 992. The third kappa shape index (κ3) is 4.76. The Morgan fingerprint density at radius 3 is 2.74 bits per heavy atom. The van der Waals surface area contributed by atoms with Crippen LogP contribution in [0.1, 0.15) is 36.2 Å². The van der Waals surface area contributed by atoms with Crippen molar-refractivity contribution in [1.29, 1.82) is 0 Å². The van der Waals surface area contributed by atoms with Crippen molar-refractivity contribution in [2.24, 2.45) is 0 Å². The van der Waals surface area contributed by atoms with Crippen molar-refractivity contribution in [3.05, 3.63) is 89.4 Å². The molecule has 2 aliphatic rings. The van der Waals surface area contributed by atoms with E-state index >= 15 is 0 Å². The van der Waals surface area contributed by atoms with E-state index in [-0.39, 0.29) is 6.04 Å². The number of H-pyrrole nitrogens is 1. The number of nitrogens with one attached hydrogen (secondary N) is 1. The lowest BCUT2D eigenvalue weighted by Gasteiger charge is -2.36. The molecule has 1 aromatic heterocycles. The number of fused-ring (bicyclic) bond motifs is 1. The zero-order valence-electron chi connectivity index (χ0n) is 18.6. The fourth-order valence-corrected chi connectivity index (χ4v) is 4.42. The molecule has 0 spiro atoms. The average Bonchev–Trinajstić information content (AvgIpc) is 3.20. The van der Waals surface area contributed by atoms with E-state index in [1.807, 2.05) is 19.1 Å². The molecule has 4 heteroatoms. The molecule has 1 atom stereocenters. The molecule has 31 heavy (non-hydrogen) atoms. The highest BCUT2D eigenvalue weighted by Gasteiger charge is 2.31. The van der Waals surface area contributed by atoms with Crippen LogP contribution in [0.2, 0.25) is 0 Å². The minimum absolute atomic E-state index is 0.0781. The molecule has 1 aliphatic heterocycles. The molecule has 4 nitrogen and oxygen atoms in total. The number of morpholine rings is 1. The maximum Gasteiger partial charge on any atom is 0.0924 e. The van der Waals surface area contributed by atoms with Gasteiger partial charge in [-0.2, -0.15) is 0 Å². The van der Waals surface area contributed by atoms with Gasteiger partial charge < -0.3 is 14.5 Å². The molecule has 4 rings (SSSR count). The summed E-state index contributed by atoms with van der Waals surface area (Å²) in [4.78, 5) is 6.27. The van der Waals surface area contributed by atoms with Crippen LogP contribution >= 0.6 is 0 Å². The summed E-state index contributed by atoms with van der Waals surface area (Å²) < 4.78 is 10.9. The van der Waals surface area contributed by atoms with Crippen LogP contribution in [0.3, 0.4) is 0 Å². The number of ether oxygens (including phenoxy) is 2. The van der Waals surface area contributed by atoms with Crippen LogP contribution in [0.4, 0.5) is 0 Å². The van der Waals surface area contributed by atoms with Crippen molar-refractivity contribution in [3.63, 3.8) is 0 Å². The molecule has 1 aliphatic carbocycles. The minimum Gasteiger partial charge on any atom is -0.501 e. The summed E-state index contributed by atoms with van der Waals surface area (Å²) in [5.41, 5.74) is 7.44. The smallest absolute Gasteiger partial charge is 0.0924 e. The van der Waals surface area contributed by atoms with Gasteiger partial charge in [-0.3, -0.25) is 4.90 Å². The predicted octanol–water partition coefficient (Wildman–Crippen LogP) is 5.68. The number of aromatic nitrogens is 1. The number of rotatable bonds is 7. The first-order valence-corrected chi connectivity index (χ1v) is 11.0. The van der Waals surface area contributed by atoms with Crippen LogP contribution in [-0.4, -0.2) is 43.3 Å². The van der Waals surface area contributed by atoms with E-state index in [1.165, 1.54) is 28.1 Å². The van der Waals surface area contributed by atoms with Crippen LogP contribution < -0.4 is 0 Å². The normalized spacial score (nSPS) is 18.2. The van der Waals surface area contributed by atoms with Crippen molar-refractivity contribution < 1.29 is 9.47 Å². The molecule has 0 radical (unpaired) electrons.